The summed E-state index contributed by atoms with van der Waals surface area (Å²) in [6.45, 7) is -0.563. The van der Waals surface area contributed by atoms with E-state index in [4.69, 9.17) is 13.9 Å². The summed E-state index contributed by atoms with van der Waals surface area (Å²) in [6, 6.07) is 14.9. The SMILES string of the molecule is O=c1cc(-c2ccccc2OC2O[C@H](CO)[C@@H](O)[C@H](O)[C@H]2O)oc2ccccc12. The maximum absolute atomic E-state index is 12.4. The molecule has 4 N–H and O–H groups in total. The lowest BCUT2D eigenvalue weighted by Crippen LogP contribution is -2.60. The lowest BCUT2D eigenvalue weighted by Gasteiger charge is -2.39. The first-order chi connectivity index (χ1) is 14.0. The molecule has 2 aromatic carbocycles. The van der Waals surface area contributed by atoms with Crippen molar-refractivity contribution < 1.29 is 34.3 Å². The molecule has 2 heterocycles. The number of para-hydroxylation sites is 2. The highest BCUT2D eigenvalue weighted by atomic mass is 16.7. The summed E-state index contributed by atoms with van der Waals surface area (Å²) in [5.74, 6) is 0.490. The smallest absolute Gasteiger partial charge is 0.229 e. The molecule has 29 heavy (non-hydrogen) atoms. The van der Waals surface area contributed by atoms with Crippen LogP contribution in [0.1, 0.15) is 0 Å². The molecule has 8 heteroatoms. The average molecular weight is 400 g/mol. The van der Waals surface area contributed by atoms with Crippen molar-refractivity contribution in [3.8, 4) is 17.1 Å². The molecule has 0 saturated carbocycles. The van der Waals surface area contributed by atoms with Gasteiger partial charge in [-0.3, -0.25) is 4.79 Å². The summed E-state index contributed by atoms with van der Waals surface area (Å²) in [4.78, 5) is 12.4. The molecule has 4 rings (SSSR count). The predicted octanol–water partition coefficient (Wildman–Crippen LogP) is 0.639. The Hall–Kier alpha value is -2.75. The number of hydrogen-bond donors (Lipinski definition) is 4. The Balaban J connectivity index is 1.70. The van der Waals surface area contributed by atoms with Crippen molar-refractivity contribution in [2.75, 3.05) is 6.61 Å². The molecule has 152 valence electrons. The Morgan fingerprint density at radius 1 is 0.931 bits per heavy atom. The van der Waals surface area contributed by atoms with Gasteiger partial charge in [0.2, 0.25) is 6.29 Å². The fourth-order valence-electron chi connectivity index (χ4n) is 3.30. The van der Waals surface area contributed by atoms with Gasteiger partial charge >= 0.3 is 0 Å². The summed E-state index contributed by atoms with van der Waals surface area (Å²) >= 11 is 0. The Labute approximate surface area is 165 Å². The van der Waals surface area contributed by atoms with Gasteiger partial charge in [-0.05, 0) is 24.3 Å². The molecule has 0 spiro atoms. The number of benzene rings is 2. The van der Waals surface area contributed by atoms with E-state index in [0.29, 0.717) is 16.5 Å². The van der Waals surface area contributed by atoms with Gasteiger partial charge in [0.25, 0.3) is 0 Å². The van der Waals surface area contributed by atoms with Crippen LogP contribution in [0.15, 0.2) is 63.8 Å². The van der Waals surface area contributed by atoms with Gasteiger partial charge in [-0.25, -0.2) is 0 Å². The molecule has 8 nitrogen and oxygen atoms in total. The standard InChI is InChI=1S/C21H20O8/c22-10-17-18(24)19(25)20(26)21(29-17)28-15-8-4-2-6-12(15)16-9-13(23)11-5-1-3-7-14(11)27-16/h1-9,17-22,24-26H,10H2/t17-,18-,19+,20-,21?/m1/s1. The Kier molecular flexibility index (Phi) is 5.35. The first-order valence-electron chi connectivity index (χ1n) is 9.09. The van der Waals surface area contributed by atoms with Crippen LogP contribution in [-0.2, 0) is 4.74 Å². The Morgan fingerprint density at radius 2 is 1.66 bits per heavy atom. The lowest BCUT2D eigenvalue weighted by molar-refractivity contribution is -0.277. The quantitative estimate of drug-likeness (QED) is 0.502. The molecule has 1 aliphatic heterocycles. The maximum Gasteiger partial charge on any atom is 0.229 e. The van der Waals surface area contributed by atoms with Crippen molar-refractivity contribution in [1.29, 1.82) is 0 Å². The van der Waals surface area contributed by atoms with E-state index in [1.807, 2.05) is 0 Å². The molecule has 0 amide bonds. The largest absolute Gasteiger partial charge is 0.461 e. The van der Waals surface area contributed by atoms with Crippen molar-refractivity contribution in [1.82, 2.24) is 0 Å². The van der Waals surface area contributed by atoms with Gasteiger partial charge in [0.05, 0.1) is 17.6 Å². The predicted molar refractivity (Wildman–Crippen MR) is 102 cm³/mol. The highest BCUT2D eigenvalue weighted by molar-refractivity contribution is 5.79. The van der Waals surface area contributed by atoms with Crippen molar-refractivity contribution >= 4 is 11.0 Å². The number of aliphatic hydroxyl groups excluding tert-OH is 4. The van der Waals surface area contributed by atoms with Crippen LogP contribution >= 0.6 is 0 Å². The van der Waals surface area contributed by atoms with Crippen LogP contribution in [0.3, 0.4) is 0 Å². The minimum atomic E-state index is -1.56. The van der Waals surface area contributed by atoms with Gasteiger partial charge < -0.3 is 34.3 Å². The van der Waals surface area contributed by atoms with Crippen molar-refractivity contribution in [2.45, 2.75) is 30.7 Å². The summed E-state index contributed by atoms with van der Waals surface area (Å²) < 4.78 is 17.0. The minimum absolute atomic E-state index is 0.218. The molecule has 1 fully saturated rings. The van der Waals surface area contributed by atoms with E-state index in [-0.39, 0.29) is 16.9 Å². The molecule has 1 aromatic heterocycles. The summed E-state index contributed by atoms with van der Waals surface area (Å²) in [6.07, 6.45) is -7.03. The maximum atomic E-state index is 12.4. The topological polar surface area (TPSA) is 130 Å². The number of ether oxygens (including phenoxy) is 2. The molecule has 1 unspecified atom stereocenters. The molecule has 0 bridgehead atoms. The molecule has 1 saturated heterocycles. The van der Waals surface area contributed by atoms with Gasteiger partial charge in [-0.2, -0.15) is 0 Å². The van der Waals surface area contributed by atoms with Crippen LogP contribution in [0.4, 0.5) is 0 Å². The van der Waals surface area contributed by atoms with Crippen molar-refractivity contribution in [2.24, 2.45) is 0 Å². The highest BCUT2D eigenvalue weighted by Crippen LogP contribution is 2.33. The summed E-state index contributed by atoms with van der Waals surface area (Å²) in [5.41, 5.74) is 0.634. The minimum Gasteiger partial charge on any atom is -0.461 e. The lowest BCUT2D eigenvalue weighted by atomic mass is 9.99. The van der Waals surface area contributed by atoms with Crippen LogP contribution in [0.2, 0.25) is 0 Å². The molecule has 5 atom stereocenters. The van der Waals surface area contributed by atoms with Crippen LogP contribution in [0.25, 0.3) is 22.3 Å². The molecule has 0 radical (unpaired) electrons. The first kappa shape index (κ1) is 19.6. The number of hydrogen-bond acceptors (Lipinski definition) is 8. The van der Waals surface area contributed by atoms with Crippen LogP contribution in [-0.4, -0.2) is 57.7 Å². The Morgan fingerprint density at radius 3 is 2.45 bits per heavy atom. The zero-order valence-electron chi connectivity index (χ0n) is 15.2. The molecule has 1 aliphatic rings. The third kappa shape index (κ3) is 3.64. The fraction of sp³-hybridized carbons (Fsp3) is 0.286. The van der Waals surface area contributed by atoms with Gasteiger partial charge in [-0.15, -0.1) is 0 Å². The highest BCUT2D eigenvalue weighted by Gasteiger charge is 2.44. The molecule has 3 aromatic rings. The second-order valence-corrected chi connectivity index (χ2v) is 6.78. The molecule has 0 aliphatic carbocycles. The van der Waals surface area contributed by atoms with E-state index in [9.17, 15) is 25.2 Å². The van der Waals surface area contributed by atoms with E-state index in [0.717, 1.165) is 0 Å². The number of aliphatic hydroxyl groups is 4. The van der Waals surface area contributed by atoms with E-state index in [2.05, 4.69) is 0 Å². The van der Waals surface area contributed by atoms with Crippen LogP contribution in [0, 0.1) is 0 Å². The van der Waals surface area contributed by atoms with Gasteiger partial charge in [0, 0.05) is 6.07 Å². The number of fused-ring (bicyclic) bond motifs is 1. The van der Waals surface area contributed by atoms with E-state index >= 15 is 0 Å². The summed E-state index contributed by atoms with van der Waals surface area (Å²) in [5, 5.41) is 39.9. The van der Waals surface area contributed by atoms with Crippen LogP contribution < -0.4 is 10.2 Å². The van der Waals surface area contributed by atoms with E-state index < -0.39 is 37.3 Å². The van der Waals surface area contributed by atoms with Crippen molar-refractivity contribution in [3.63, 3.8) is 0 Å². The molecular weight excluding hydrogens is 380 g/mol. The van der Waals surface area contributed by atoms with Crippen LogP contribution in [0.5, 0.6) is 5.75 Å². The Bertz CT molecular complexity index is 1060. The fourth-order valence-corrected chi connectivity index (χ4v) is 3.30. The number of rotatable bonds is 4. The third-order valence-corrected chi connectivity index (χ3v) is 4.88. The van der Waals surface area contributed by atoms with Crippen molar-refractivity contribution in [3.05, 3.63) is 64.8 Å². The van der Waals surface area contributed by atoms with E-state index in [1.165, 1.54) is 6.07 Å². The zero-order chi connectivity index (χ0) is 20.5. The second kappa shape index (κ2) is 7.94. The monoisotopic (exact) mass is 400 g/mol. The van der Waals surface area contributed by atoms with Gasteiger partial charge in [-0.1, -0.05) is 24.3 Å². The average Bonchev–Trinajstić information content (AvgIpc) is 2.74. The molecular formula is C21H20O8. The van der Waals surface area contributed by atoms with Gasteiger partial charge in [0.15, 0.2) is 5.43 Å². The summed E-state index contributed by atoms with van der Waals surface area (Å²) in [7, 11) is 0. The second-order valence-electron chi connectivity index (χ2n) is 6.78. The normalized spacial score (nSPS) is 27.1. The first-order valence-corrected chi connectivity index (χ1v) is 9.09. The third-order valence-electron chi connectivity index (χ3n) is 4.88. The van der Waals surface area contributed by atoms with E-state index in [1.54, 1.807) is 48.5 Å². The zero-order valence-corrected chi connectivity index (χ0v) is 15.2. The van der Waals surface area contributed by atoms with Gasteiger partial charge in [0.1, 0.15) is 41.5 Å².